The van der Waals surface area contributed by atoms with Crippen molar-refractivity contribution in [3.8, 4) is 6.07 Å². The molecule has 1 heterocycles. The van der Waals surface area contributed by atoms with Gasteiger partial charge in [0.15, 0.2) is 0 Å². The summed E-state index contributed by atoms with van der Waals surface area (Å²) in [7, 11) is 1.86. The molecule has 0 radical (unpaired) electrons. The molecule has 0 fully saturated rings. The van der Waals surface area contributed by atoms with Crippen LogP contribution in [0.2, 0.25) is 0 Å². The van der Waals surface area contributed by atoms with Crippen LogP contribution in [0.4, 0.5) is 10.1 Å². The van der Waals surface area contributed by atoms with Crippen LogP contribution in [-0.4, -0.2) is 12.0 Å². The molecule has 86 valence electrons. The van der Waals surface area contributed by atoms with E-state index in [9.17, 15) is 4.39 Å². The zero-order valence-corrected chi connectivity index (χ0v) is 10.0. The topological polar surface area (TPSA) is 39.9 Å². The summed E-state index contributed by atoms with van der Waals surface area (Å²) in [6, 6.07) is 6.39. The van der Waals surface area contributed by atoms with Crippen molar-refractivity contribution < 1.29 is 4.39 Å². The minimum atomic E-state index is -0.491. The van der Waals surface area contributed by atoms with Gasteiger partial charge in [-0.25, -0.2) is 9.37 Å². The monoisotopic (exact) mass is 247 g/mol. The zero-order chi connectivity index (χ0) is 12.3. The summed E-state index contributed by atoms with van der Waals surface area (Å²) in [5.74, 6) is -0.491. The van der Waals surface area contributed by atoms with E-state index in [0.29, 0.717) is 6.54 Å². The lowest BCUT2D eigenvalue weighted by molar-refractivity contribution is 0.623. The number of hydrogen-bond acceptors (Lipinski definition) is 4. The van der Waals surface area contributed by atoms with Gasteiger partial charge in [0.2, 0.25) is 0 Å². The maximum Gasteiger partial charge on any atom is 0.143 e. The smallest absolute Gasteiger partial charge is 0.143 e. The molecule has 0 aliphatic heterocycles. The van der Waals surface area contributed by atoms with E-state index in [1.54, 1.807) is 17.6 Å². The predicted molar refractivity (Wildman–Crippen MR) is 65.3 cm³/mol. The van der Waals surface area contributed by atoms with Gasteiger partial charge in [0, 0.05) is 18.1 Å². The third-order valence-electron chi connectivity index (χ3n) is 2.40. The van der Waals surface area contributed by atoms with E-state index in [-0.39, 0.29) is 5.56 Å². The number of nitrogens with zero attached hydrogens (tertiary/aromatic N) is 3. The molecule has 3 nitrogen and oxygen atoms in total. The Labute approximate surface area is 103 Å². The molecule has 0 unspecified atom stereocenters. The quantitative estimate of drug-likeness (QED) is 0.837. The maximum absolute atomic E-state index is 13.4. The van der Waals surface area contributed by atoms with Crippen molar-refractivity contribution in [2.45, 2.75) is 6.54 Å². The molecular weight excluding hydrogens is 237 g/mol. The second kappa shape index (κ2) is 4.93. The lowest BCUT2D eigenvalue weighted by Crippen LogP contribution is -2.16. The summed E-state index contributed by atoms with van der Waals surface area (Å²) in [4.78, 5) is 6.06. The van der Waals surface area contributed by atoms with Gasteiger partial charge in [-0.1, -0.05) is 0 Å². The molecule has 0 spiro atoms. The second-order valence-electron chi connectivity index (χ2n) is 3.61. The minimum Gasteiger partial charge on any atom is -0.369 e. The highest BCUT2D eigenvalue weighted by atomic mass is 32.1. The van der Waals surface area contributed by atoms with E-state index in [1.165, 1.54) is 23.5 Å². The van der Waals surface area contributed by atoms with E-state index < -0.39 is 5.82 Å². The molecule has 0 N–H and O–H groups in total. The van der Waals surface area contributed by atoms with E-state index >= 15 is 0 Å². The number of anilines is 1. The molecule has 0 amide bonds. The SMILES string of the molecule is CN(Cc1cscn1)c1ccc(C#N)c(F)c1. The average molecular weight is 247 g/mol. The van der Waals surface area contributed by atoms with Crippen LogP contribution in [0.3, 0.4) is 0 Å². The van der Waals surface area contributed by atoms with Crippen molar-refractivity contribution in [1.29, 1.82) is 5.26 Å². The number of thiazole rings is 1. The van der Waals surface area contributed by atoms with Crippen molar-refractivity contribution in [1.82, 2.24) is 4.98 Å². The molecule has 0 bridgehead atoms. The number of aromatic nitrogens is 1. The number of halogens is 1. The molecule has 2 aromatic rings. The van der Waals surface area contributed by atoms with E-state index in [2.05, 4.69) is 4.98 Å². The van der Waals surface area contributed by atoms with Gasteiger partial charge >= 0.3 is 0 Å². The van der Waals surface area contributed by atoms with Crippen molar-refractivity contribution >= 4 is 17.0 Å². The van der Waals surface area contributed by atoms with Crippen molar-refractivity contribution in [2.24, 2.45) is 0 Å². The van der Waals surface area contributed by atoms with Gasteiger partial charge in [-0.3, -0.25) is 0 Å². The number of hydrogen-bond donors (Lipinski definition) is 0. The lowest BCUT2D eigenvalue weighted by Gasteiger charge is -2.18. The van der Waals surface area contributed by atoms with Crippen LogP contribution in [0, 0.1) is 17.1 Å². The summed E-state index contributed by atoms with van der Waals surface area (Å²) in [5.41, 5.74) is 3.51. The summed E-state index contributed by atoms with van der Waals surface area (Å²) in [6.07, 6.45) is 0. The van der Waals surface area contributed by atoms with Crippen LogP contribution in [-0.2, 0) is 6.54 Å². The first kappa shape index (κ1) is 11.6. The molecule has 0 saturated heterocycles. The first-order chi connectivity index (χ1) is 8.20. The Kier molecular flexibility index (Phi) is 3.35. The highest BCUT2D eigenvalue weighted by molar-refractivity contribution is 7.07. The molecular formula is C12H10FN3S. The summed E-state index contributed by atoms with van der Waals surface area (Å²) in [6.45, 7) is 0.620. The minimum absolute atomic E-state index is 0.0656. The van der Waals surface area contributed by atoms with Crippen molar-refractivity contribution in [2.75, 3.05) is 11.9 Å². The van der Waals surface area contributed by atoms with Crippen LogP contribution < -0.4 is 4.90 Å². The van der Waals surface area contributed by atoms with Gasteiger partial charge < -0.3 is 4.90 Å². The average Bonchev–Trinajstić information content (AvgIpc) is 2.81. The molecule has 0 atom stereocenters. The Morgan fingerprint density at radius 1 is 1.53 bits per heavy atom. The molecule has 1 aromatic heterocycles. The van der Waals surface area contributed by atoms with Crippen LogP contribution in [0.15, 0.2) is 29.1 Å². The van der Waals surface area contributed by atoms with Crippen LogP contribution >= 0.6 is 11.3 Å². The zero-order valence-electron chi connectivity index (χ0n) is 9.22. The summed E-state index contributed by atoms with van der Waals surface area (Å²) >= 11 is 1.53. The van der Waals surface area contributed by atoms with Crippen LogP contribution in [0.25, 0.3) is 0 Å². The number of rotatable bonds is 3. The maximum atomic E-state index is 13.4. The highest BCUT2D eigenvalue weighted by Gasteiger charge is 2.07. The van der Waals surface area contributed by atoms with Gasteiger partial charge in [-0.05, 0) is 18.2 Å². The third-order valence-corrected chi connectivity index (χ3v) is 3.03. The third kappa shape index (κ3) is 2.60. The Bertz CT molecular complexity index is 545. The van der Waals surface area contributed by atoms with Gasteiger partial charge in [0.1, 0.15) is 11.9 Å². The predicted octanol–water partition coefficient (Wildman–Crippen LogP) is 2.79. The first-order valence-electron chi connectivity index (χ1n) is 4.98. The van der Waals surface area contributed by atoms with E-state index in [1.807, 2.05) is 17.3 Å². The fourth-order valence-corrected chi connectivity index (χ4v) is 2.03. The molecule has 0 aliphatic carbocycles. The molecule has 1 aromatic carbocycles. The molecule has 17 heavy (non-hydrogen) atoms. The normalized spacial score (nSPS) is 9.94. The fraction of sp³-hybridized carbons (Fsp3) is 0.167. The van der Waals surface area contributed by atoms with Crippen molar-refractivity contribution in [3.05, 3.63) is 46.2 Å². The Morgan fingerprint density at radius 2 is 2.35 bits per heavy atom. The standard InChI is InChI=1S/C12H10FN3S/c1-16(6-10-7-17-8-15-10)11-3-2-9(5-14)12(13)4-11/h2-4,7-8H,6H2,1H3. The van der Waals surface area contributed by atoms with E-state index in [4.69, 9.17) is 5.26 Å². The van der Waals surface area contributed by atoms with Gasteiger partial charge in [-0.2, -0.15) is 5.26 Å². The summed E-state index contributed by atoms with van der Waals surface area (Å²) in [5, 5.41) is 10.6. The van der Waals surface area contributed by atoms with Gasteiger partial charge in [0.25, 0.3) is 0 Å². The van der Waals surface area contributed by atoms with Gasteiger partial charge in [-0.15, -0.1) is 11.3 Å². The second-order valence-corrected chi connectivity index (χ2v) is 4.33. The first-order valence-corrected chi connectivity index (χ1v) is 5.93. The fourth-order valence-electron chi connectivity index (χ4n) is 1.48. The largest absolute Gasteiger partial charge is 0.369 e. The molecule has 5 heteroatoms. The Balaban J connectivity index is 2.17. The van der Waals surface area contributed by atoms with E-state index in [0.717, 1.165) is 11.4 Å². The highest BCUT2D eigenvalue weighted by Crippen LogP contribution is 2.19. The Hall–Kier alpha value is -1.93. The number of nitriles is 1. The van der Waals surface area contributed by atoms with Crippen LogP contribution in [0.1, 0.15) is 11.3 Å². The summed E-state index contributed by atoms with van der Waals surface area (Å²) < 4.78 is 13.4. The molecule has 2 rings (SSSR count). The lowest BCUT2D eigenvalue weighted by atomic mass is 10.2. The Morgan fingerprint density at radius 3 is 2.94 bits per heavy atom. The number of benzene rings is 1. The molecule has 0 aliphatic rings. The van der Waals surface area contributed by atoms with Crippen molar-refractivity contribution in [3.63, 3.8) is 0 Å². The van der Waals surface area contributed by atoms with Gasteiger partial charge in [0.05, 0.1) is 23.3 Å². The molecule has 0 saturated carbocycles. The van der Waals surface area contributed by atoms with Crippen LogP contribution in [0.5, 0.6) is 0 Å².